The number of nitrogens with zero attached hydrogens (tertiary/aromatic N) is 1. The molecule has 0 spiro atoms. The number of rotatable bonds is 2. The van der Waals surface area contributed by atoms with Gasteiger partial charge in [0.25, 0.3) is 10.0 Å². The first-order valence-electron chi connectivity index (χ1n) is 7.87. The van der Waals surface area contributed by atoms with E-state index in [9.17, 15) is 8.42 Å². The van der Waals surface area contributed by atoms with Crippen molar-refractivity contribution < 1.29 is 8.42 Å². The van der Waals surface area contributed by atoms with Gasteiger partial charge >= 0.3 is 0 Å². The van der Waals surface area contributed by atoms with Crippen molar-refractivity contribution in [2.45, 2.75) is 17.7 Å². The molecule has 0 aliphatic carbocycles. The lowest BCUT2D eigenvalue weighted by Gasteiger charge is -2.30. The number of sulfonamides is 1. The fraction of sp³-hybridized carbons (Fsp3) is 0.158. The summed E-state index contributed by atoms with van der Waals surface area (Å²) < 4.78 is 28.2. The van der Waals surface area contributed by atoms with Crippen LogP contribution in [0.4, 0.5) is 5.69 Å². The van der Waals surface area contributed by atoms with Gasteiger partial charge in [-0.25, -0.2) is 8.42 Å². The van der Waals surface area contributed by atoms with Crippen LogP contribution in [-0.2, 0) is 16.4 Å². The van der Waals surface area contributed by atoms with Gasteiger partial charge in [0.1, 0.15) is 0 Å². The normalized spacial score (nSPS) is 14.6. The average Bonchev–Trinajstić information content (AvgIpc) is 2.61. The lowest BCUT2D eigenvalue weighted by atomic mass is 10.0. The molecule has 4 rings (SSSR count). The van der Waals surface area contributed by atoms with Crippen molar-refractivity contribution in [2.75, 3.05) is 10.8 Å². The summed E-state index contributed by atoms with van der Waals surface area (Å²) in [4.78, 5) is 0.305. The quantitative estimate of drug-likeness (QED) is 0.670. The third-order valence-electron chi connectivity index (χ3n) is 4.47. The molecule has 122 valence electrons. The molecule has 0 fully saturated rings. The summed E-state index contributed by atoms with van der Waals surface area (Å²) in [5.41, 5.74) is 1.85. The van der Waals surface area contributed by atoms with Gasteiger partial charge in [-0.2, -0.15) is 0 Å². The van der Waals surface area contributed by atoms with E-state index in [1.807, 2.05) is 48.5 Å². The molecule has 5 heteroatoms. The summed E-state index contributed by atoms with van der Waals surface area (Å²) in [6.45, 7) is 0.496. The molecule has 0 amide bonds. The van der Waals surface area contributed by atoms with Gasteiger partial charge in [0.2, 0.25) is 0 Å². The van der Waals surface area contributed by atoms with Crippen molar-refractivity contribution in [2.24, 2.45) is 0 Å². The number of para-hydroxylation sites is 1. The van der Waals surface area contributed by atoms with E-state index < -0.39 is 10.0 Å². The van der Waals surface area contributed by atoms with Crippen LogP contribution in [0.15, 0.2) is 65.6 Å². The molecule has 3 aromatic carbocycles. The van der Waals surface area contributed by atoms with Crippen molar-refractivity contribution in [3.63, 3.8) is 0 Å². The number of hydrogen-bond donors (Lipinski definition) is 0. The lowest BCUT2D eigenvalue weighted by Crippen LogP contribution is -2.35. The van der Waals surface area contributed by atoms with Crippen molar-refractivity contribution in [1.29, 1.82) is 0 Å². The minimum Gasteiger partial charge on any atom is -0.266 e. The predicted octanol–water partition coefficient (Wildman–Crippen LogP) is 4.63. The van der Waals surface area contributed by atoms with E-state index in [2.05, 4.69) is 0 Å². The minimum absolute atomic E-state index is 0.305. The summed E-state index contributed by atoms with van der Waals surface area (Å²) in [6.07, 6.45) is 1.73. The Morgan fingerprint density at radius 1 is 0.875 bits per heavy atom. The maximum atomic E-state index is 13.4. The zero-order valence-corrected chi connectivity index (χ0v) is 14.5. The fourth-order valence-corrected chi connectivity index (χ4v) is 5.29. The highest BCUT2D eigenvalue weighted by Crippen LogP contribution is 2.35. The van der Waals surface area contributed by atoms with Crippen molar-refractivity contribution >= 4 is 38.1 Å². The Balaban J connectivity index is 1.93. The number of hydrogen-bond acceptors (Lipinski definition) is 2. The van der Waals surface area contributed by atoms with Gasteiger partial charge in [-0.15, -0.1) is 0 Å². The number of aryl methyl sites for hydroxylation is 1. The van der Waals surface area contributed by atoms with Gasteiger partial charge in [0, 0.05) is 22.3 Å². The highest BCUT2D eigenvalue weighted by molar-refractivity contribution is 7.93. The van der Waals surface area contributed by atoms with Gasteiger partial charge in [-0.05, 0) is 36.6 Å². The lowest BCUT2D eigenvalue weighted by molar-refractivity contribution is 0.587. The number of halogens is 1. The topological polar surface area (TPSA) is 37.4 Å². The third-order valence-corrected chi connectivity index (χ3v) is 6.67. The molecule has 0 aromatic heterocycles. The number of fused-ring (bicyclic) bond motifs is 2. The Labute approximate surface area is 146 Å². The maximum absolute atomic E-state index is 13.4. The maximum Gasteiger partial charge on any atom is 0.264 e. The second-order valence-corrected chi connectivity index (χ2v) is 8.14. The van der Waals surface area contributed by atoms with Gasteiger partial charge in [0.05, 0.1) is 10.6 Å². The second-order valence-electron chi connectivity index (χ2n) is 5.90. The monoisotopic (exact) mass is 357 g/mol. The molecule has 0 unspecified atom stereocenters. The van der Waals surface area contributed by atoms with Gasteiger partial charge < -0.3 is 0 Å². The Morgan fingerprint density at radius 2 is 1.58 bits per heavy atom. The molecule has 1 heterocycles. The molecule has 0 bridgehead atoms. The Kier molecular flexibility index (Phi) is 3.74. The summed E-state index contributed by atoms with van der Waals surface area (Å²) in [6, 6.07) is 18.3. The van der Waals surface area contributed by atoms with Gasteiger partial charge in [0.15, 0.2) is 0 Å². The molecule has 0 saturated carbocycles. The molecule has 0 N–H and O–H groups in total. The zero-order chi connectivity index (χ0) is 16.7. The van der Waals surface area contributed by atoms with Crippen LogP contribution in [0, 0.1) is 0 Å². The highest BCUT2D eigenvalue weighted by atomic mass is 35.5. The summed E-state index contributed by atoms with van der Waals surface area (Å²) in [5, 5.41) is 1.97. The van der Waals surface area contributed by atoms with E-state index in [4.69, 9.17) is 11.6 Å². The first kappa shape index (κ1) is 15.5. The smallest absolute Gasteiger partial charge is 0.264 e. The van der Waals surface area contributed by atoms with Gasteiger partial charge in [-0.3, -0.25) is 4.31 Å². The predicted molar refractivity (Wildman–Crippen MR) is 98.3 cm³/mol. The van der Waals surface area contributed by atoms with Crippen molar-refractivity contribution in [3.8, 4) is 0 Å². The van der Waals surface area contributed by atoms with Crippen molar-refractivity contribution in [1.82, 2.24) is 0 Å². The van der Waals surface area contributed by atoms with Crippen LogP contribution in [0.25, 0.3) is 10.8 Å². The molecule has 3 aromatic rings. The van der Waals surface area contributed by atoms with Crippen LogP contribution in [0.3, 0.4) is 0 Å². The number of benzene rings is 3. The van der Waals surface area contributed by atoms with E-state index in [0.29, 0.717) is 21.8 Å². The standard InChI is InChI=1S/C19H16ClNO2S/c20-17-11-12-19(16-9-3-2-8-15(16)17)24(22,23)21-13-5-7-14-6-1-4-10-18(14)21/h1-4,6,8-12H,5,7,13H2. The summed E-state index contributed by atoms with van der Waals surface area (Å²) >= 11 is 6.24. The molecule has 0 radical (unpaired) electrons. The molecule has 1 aliphatic heterocycles. The van der Waals surface area contributed by atoms with Crippen LogP contribution in [0.1, 0.15) is 12.0 Å². The summed E-state index contributed by atoms with van der Waals surface area (Å²) in [7, 11) is -3.64. The molecular weight excluding hydrogens is 342 g/mol. The SMILES string of the molecule is O=S(=O)(c1ccc(Cl)c2ccccc12)N1CCCc2ccccc21. The van der Waals surface area contributed by atoms with E-state index >= 15 is 0 Å². The second kappa shape index (κ2) is 5.80. The molecule has 24 heavy (non-hydrogen) atoms. The van der Waals surface area contributed by atoms with Crippen LogP contribution in [0.5, 0.6) is 0 Å². The third kappa shape index (κ3) is 2.38. The van der Waals surface area contributed by atoms with E-state index in [1.165, 1.54) is 4.31 Å². The molecule has 0 saturated heterocycles. The molecule has 1 aliphatic rings. The van der Waals surface area contributed by atoms with E-state index in [1.54, 1.807) is 12.1 Å². The molecule has 0 atom stereocenters. The fourth-order valence-electron chi connectivity index (χ4n) is 3.33. The summed E-state index contributed by atoms with van der Waals surface area (Å²) in [5.74, 6) is 0. The molecule has 3 nitrogen and oxygen atoms in total. The van der Waals surface area contributed by atoms with E-state index in [0.717, 1.165) is 29.5 Å². The minimum atomic E-state index is -3.64. The van der Waals surface area contributed by atoms with Gasteiger partial charge in [-0.1, -0.05) is 54.1 Å². The van der Waals surface area contributed by atoms with Crippen LogP contribution in [-0.4, -0.2) is 15.0 Å². The molecular formula is C19H16ClNO2S. The van der Waals surface area contributed by atoms with Crippen LogP contribution in [0.2, 0.25) is 5.02 Å². The first-order chi connectivity index (χ1) is 11.6. The van der Waals surface area contributed by atoms with Crippen molar-refractivity contribution in [3.05, 3.63) is 71.2 Å². The zero-order valence-electron chi connectivity index (χ0n) is 12.9. The largest absolute Gasteiger partial charge is 0.266 e. The Hall–Kier alpha value is -2.04. The van der Waals surface area contributed by atoms with Crippen LogP contribution >= 0.6 is 11.6 Å². The number of anilines is 1. The first-order valence-corrected chi connectivity index (χ1v) is 9.69. The Bertz CT molecular complexity index is 1030. The van der Waals surface area contributed by atoms with Crippen LogP contribution < -0.4 is 4.31 Å². The van der Waals surface area contributed by atoms with E-state index in [-0.39, 0.29) is 0 Å². The highest BCUT2D eigenvalue weighted by Gasteiger charge is 2.30. The Morgan fingerprint density at radius 3 is 2.42 bits per heavy atom. The average molecular weight is 358 g/mol.